The van der Waals surface area contributed by atoms with E-state index in [0.29, 0.717) is 18.7 Å². The molecule has 0 aliphatic carbocycles. The van der Waals surface area contributed by atoms with E-state index in [1.165, 1.54) is 11.3 Å². The smallest absolute Gasteiger partial charge is 0.271 e. The number of halogens is 1. The number of thiazole rings is 1. The van der Waals surface area contributed by atoms with E-state index in [-0.39, 0.29) is 18.3 Å². The molecule has 0 atom stereocenters. The summed E-state index contributed by atoms with van der Waals surface area (Å²) in [4.78, 5) is 16.7. The molecule has 0 unspecified atom stereocenters. The fraction of sp³-hybridized carbons (Fsp3) is 0.375. The monoisotopic (exact) mass is 355 g/mol. The number of rotatable bonds is 6. The van der Waals surface area contributed by atoms with Gasteiger partial charge >= 0.3 is 0 Å². The lowest BCUT2D eigenvalue weighted by Crippen LogP contribution is -2.41. The van der Waals surface area contributed by atoms with Gasteiger partial charge in [-0.3, -0.25) is 4.79 Å². The second-order valence-electron chi connectivity index (χ2n) is 5.44. The van der Waals surface area contributed by atoms with Gasteiger partial charge in [0.25, 0.3) is 5.91 Å². The third-order valence-electron chi connectivity index (χ3n) is 3.35. The van der Waals surface area contributed by atoms with E-state index in [1.807, 2.05) is 38.1 Å². The van der Waals surface area contributed by atoms with Crippen molar-refractivity contribution in [2.75, 3.05) is 13.7 Å². The maximum Gasteiger partial charge on any atom is 0.271 e. The lowest BCUT2D eigenvalue weighted by atomic mass is 9.93. The Balaban J connectivity index is 0.00000264. The van der Waals surface area contributed by atoms with Gasteiger partial charge < -0.3 is 15.8 Å². The van der Waals surface area contributed by atoms with Crippen LogP contribution in [0.3, 0.4) is 0 Å². The zero-order valence-corrected chi connectivity index (χ0v) is 15.1. The predicted octanol–water partition coefficient (Wildman–Crippen LogP) is 2.74. The predicted molar refractivity (Wildman–Crippen MR) is 95.6 cm³/mol. The molecule has 0 fully saturated rings. The standard InChI is InChI=1S/C16H21N3O2S.ClH/c1-16(2,11-6-4-5-7-13(11)21-3)19-15(20)12-10-22-14(18-12)8-9-17;/h4-7,10H,8-9,17H2,1-3H3,(H,19,20);1H. The van der Waals surface area contributed by atoms with Crippen molar-refractivity contribution in [1.29, 1.82) is 0 Å². The number of aromatic nitrogens is 1. The van der Waals surface area contributed by atoms with Crippen LogP contribution in [0.25, 0.3) is 0 Å². The van der Waals surface area contributed by atoms with Gasteiger partial charge in [-0.2, -0.15) is 0 Å². The third-order valence-corrected chi connectivity index (χ3v) is 4.26. The molecule has 1 aromatic heterocycles. The molecule has 0 aliphatic rings. The van der Waals surface area contributed by atoms with Gasteiger partial charge in [-0.1, -0.05) is 18.2 Å². The quantitative estimate of drug-likeness (QED) is 0.835. The zero-order chi connectivity index (χ0) is 16.2. The number of carbonyl (C=O) groups is 1. The van der Waals surface area contributed by atoms with Crippen LogP contribution in [0.15, 0.2) is 29.6 Å². The van der Waals surface area contributed by atoms with Crippen LogP contribution >= 0.6 is 23.7 Å². The lowest BCUT2D eigenvalue weighted by Gasteiger charge is -2.28. The van der Waals surface area contributed by atoms with E-state index < -0.39 is 5.54 Å². The van der Waals surface area contributed by atoms with Crippen LogP contribution in [0.5, 0.6) is 5.75 Å². The Bertz CT molecular complexity index is 658. The fourth-order valence-electron chi connectivity index (χ4n) is 2.23. The van der Waals surface area contributed by atoms with Crippen LogP contribution in [0.1, 0.15) is 34.9 Å². The van der Waals surface area contributed by atoms with Gasteiger partial charge in [0.1, 0.15) is 11.4 Å². The third kappa shape index (κ3) is 4.67. The van der Waals surface area contributed by atoms with Crippen LogP contribution in [0, 0.1) is 0 Å². The van der Waals surface area contributed by atoms with Gasteiger partial charge in [-0.05, 0) is 26.5 Å². The SMILES string of the molecule is COc1ccccc1C(C)(C)NC(=O)c1csc(CCN)n1.Cl. The highest BCUT2D eigenvalue weighted by Crippen LogP contribution is 2.29. The molecule has 126 valence electrons. The van der Waals surface area contributed by atoms with Crippen LogP contribution in [0.4, 0.5) is 0 Å². The van der Waals surface area contributed by atoms with Crippen molar-refractivity contribution in [3.63, 3.8) is 0 Å². The van der Waals surface area contributed by atoms with E-state index in [0.717, 1.165) is 16.3 Å². The molecule has 1 aromatic carbocycles. The molecule has 0 saturated heterocycles. The maximum atomic E-state index is 12.4. The molecule has 0 aliphatic heterocycles. The van der Waals surface area contributed by atoms with Crippen molar-refractivity contribution >= 4 is 29.7 Å². The molecule has 2 rings (SSSR count). The summed E-state index contributed by atoms with van der Waals surface area (Å²) in [6, 6.07) is 7.65. The summed E-state index contributed by atoms with van der Waals surface area (Å²) in [6.45, 7) is 4.41. The summed E-state index contributed by atoms with van der Waals surface area (Å²) < 4.78 is 5.38. The van der Waals surface area contributed by atoms with Gasteiger partial charge in [0.05, 0.1) is 17.7 Å². The topological polar surface area (TPSA) is 77.2 Å². The molecule has 5 nitrogen and oxygen atoms in total. The molecule has 0 radical (unpaired) electrons. The normalized spacial score (nSPS) is 10.8. The maximum absolute atomic E-state index is 12.4. The van der Waals surface area contributed by atoms with Crippen molar-refractivity contribution in [3.05, 3.63) is 45.9 Å². The number of methoxy groups -OCH3 is 1. The summed E-state index contributed by atoms with van der Waals surface area (Å²) >= 11 is 1.46. The first kappa shape index (κ1) is 19.4. The van der Waals surface area contributed by atoms with E-state index in [2.05, 4.69) is 10.3 Å². The second kappa shape index (κ2) is 8.29. The number of amides is 1. The minimum atomic E-state index is -0.568. The van der Waals surface area contributed by atoms with Crippen molar-refractivity contribution < 1.29 is 9.53 Å². The molecule has 3 N–H and O–H groups in total. The number of nitrogens with zero attached hydrogens (tertiary/aromatic N) is 1. The second-order valence-corrected chi connectivity index (χ2v) is 6.39. The van der Waals surface area contributed by atoms with Crippen LogP contribution in [-0.4, -0.2) is 24.5 Å². The number of nitrogens with one attached hydrogen (secondary N) is 1. The molecular formula is C16H22ClN3O2S. The minimum absolute atomic E-state index is 0. The van der Waals surface area contributed by atoms with Crippen LogP contribution < -0.4 is 15.8 Å². The highest BCUT2D eigenvalue weighted by Gasteiger charge is 2.27. The van der Waals surface area contributed by atoms with Crippen molar-refractivity contribution in [1.82, 2.24) is 10.3 Å². The molecule has 2 aromatic rings. The summed E-state index contributed by atoms with van der Waals surface area (Å²) in [7, 11) is 1.62. The number of hydrogen-bond donors (Lipinski definition) is 2. The van der Waals surface area contributed by atoms with E-state index in [1.54, 1.807) is 12.5 Å². The first-order chi connectivity index (χ1) is 10.5. The average molecular weight is 356 g/mol. The Hall–Kier alpha value is -1.63. The summed E-state index contributed by atoms with van der Waals surface area (Å²) in [6.07, 6.45) is 0.688. The highest BCUT2D eigenvalue weighted by atomic mass is 35.5. The van der Waals surface area contributed by atoms with E-state index >= 15 is 0 Å². The Labute approximate surface area is 146 Å². The number of nitrogens with two attached hydrogens (primary N) is 1. The Kier molecular flexibility index (Phi) is 7.00. The lowest BCUT2D eigenvalue weighted by molar-refractivity contribution is 0.0906. The first-order valence-electron chi connectivity index (χ1n) is 7.08. The Morgan fingerprint density at radius 2 is 2.09 bits per heavy atom. The van der Waals surface area contributed by atoms with Gasteiger partial charge in [-0.25, -0.2) is 4.98 Å². The first-order valence-corrected chi connectivity index (χ1v) is 7.96. The molecular weight excluding hydrogens is 334 g/mol. The zero-order valence-electron chi connectivity index (χ0n) is 13.5. The van der Waals surface area contributed by atoms with Gasteiger partial charge in [0, 0.05) is 17.4 Å². The summed E-state index contributed by atoms with van der Waals surface area (Å²) in [5.74, 6) is 0.547. The highest BCUT2D eigenvalue weighted by molar-refractivity contribution is 7.09. The molecule has 0 bridgehead atoms. The number of para-hydroxylation sites is 1. The number of benzene rings is 1. The number of ether oxygens (including phenoxy) is 1. The molecule has 0 spiro atoms. The molecule has 0 saturated carbocycles. The average Bonchev–Trinajstić information content (AvgIpc) is 2.96. The minimum Gasteiger partial charge on any atom is -0.496 e. The van der Waals surface area contributed by atoms with E-state index in [4.69, 9.17) is 10.5 Å². The van der Waals surface area contributed by atoms with Crippen molar-refractivity contribution in [3.8, 4) is 5.75 Å². The largest absolute Gasteiger partial charge is 0.496 e. The van der Waals surface area contributed by atoms with E-state index in [9.17, 15) is 4.79 Å². The molecule has 23 heavy (non-hydrogen) atoms. The fourth-order valence-corrected chi connectivity index (χ4v) is 3.02. The van der Waals surface area contributed by atoms with Gasteiger partial charge in [0.15, 0.2) is 0 Å². The van der Waals surface area contributed by atoms with Gasteiger partial charge in [-0.15, -0.1) is 23.7 Å². The molecule has 1 heterocycles. The Morgan fingerprint density at radius 1 is 1.39 bits per heavy atom. The van der Waals surface area contributed by atoms with Crippen LogP contribution in [0.2, 0.25) is 0 Å². The van der Waals surface area contributed by atoms with Crippen molar-refractivity contribution in [2.45, 2.75) is 25.8 Å². The summed E-state index contributed by atoms with van der Waals surface area (Å²) in [5, 5.41) is 5.65. The Morgan fingerprint density at radius 3 is 2.74 bits per heavy atom. The molecule has 1 amide bonds. The number of hydrogen-bond acceptors (Lipinski definition) is 5. The summed E-state index contributed by atoms with van der Waals surface area (Å²) in [5.41, 5.74) is 6.29. The van der Waals surface area contributed by atoms with Crippen LogP contribution in [-0.2, 0) is 12.0 Å². The number of carbonyl (C=O) groups excluding carboxylic acids is 1. The van der Waals surface area contributed by atoms with Crippen molar-refractivity contribution in [2.24, 2.45) is 5.73 Å². The van der Waals surface area contributed by atoms with Gasteiger partial charge in [0.2, 0.25) is 0 Å². The molecule has 7 heteroatoms.